The standard InChI is InChI=1S/C8H11N3O/c1-10-8(12)11-7-5-3-2-4-6(7)9/h2-5H,9H2,1H3,(H2,10,11,12). The number of nitrogens with two attached hydrogens (primary N) is 1. The Kier molecular flexibility index (Phi) is 2.53. The van der Waals surface area contributed by atoms with Crippen molar-refractivity contribution in [2.45, 2.75) is 0 Å². The third-order valence-corrected chi connectivity index (χ3v) is 1.44. The van der Waals surface area contributed by atoms with Gasteiger partial charge in [0.1, 0.15) is 0 Å². The second-order valence-electron chi connectivity index (χ2n) is 2.29. The topological polar surface area (TPSA) is 67.2 Å². The molecule has 1 aromatic carbocycles. The predicted octanol–water partition coefficient (Wildman–Crippen LogP) is 1.02. The van der Waals surface area contributed by atoms with Crippen LogP contribution in [0.2, 0.25) is 0 Å². The van der Waals surface area contributed by atoms with Crippen molar-refractivity contribution in [3.05, 3.63) is 24.3 Å². The molecule has 4 heteroatoms. The summed E-state index contributed by atoms with van der Waals surface area (Å²) >= 11 is 0. The molecule has 0 saturated carbocycles. The smallest absolute Gasteiger partial charge is 0.319 e. The number of rotatable bonds is 1. The van der Waals surface area contributed by atoms with Crippen LogP contribution in [-0.4, -0.2) is 13.1 Å². The van der Waals surface area contributed by atoms with E-state index in [1.165, 1.54) is 0 Å². The van der Waals surface area contributed by atoms with Crippen LogP contribution in [0.15, 0.2) is 24.3 Å². The number of hydrogen-bond acceptors (Lipinski definition) is 2. The zero-order valence-corrected chi connectivity index (χ0v) is 6.79. The van der Waals surface area contributed by atoms with Crippen LogP contribution in [0.4, 0.5) is 16.2 Å². The van der Waals surface area contributed by atoms with E-state index >= 15 is 0 Å². The van der Waals surface area contributed by atoms with Gasteiger partial charge in [-0.2, -0.15) is 0 Å². The van der Waals surface area contributed by atoms with Crippen molar-refractivity contribution < 1.29 is 4.79 Å². The van der Waals surface area contributed by atoms with E-state index in [1.54, 1.807) is 19.2 Å². The normalized spacial score (nSPS) is 9.08. The Balaban J connectivity index is 2.75. The second kappa shape index (κ2) is 3.61. The van der Waals surface area contributed by atoms with E-state index in [0.717, 1.165) is 0 Å². The minimum atomic E-state index is -0.270. The summed E-state index contributed by atoms with van der Waals surface area (Å²) in [5.41, 5.74) is 6.76. The lowest BCUT2D eigenvalue weighted by Crippen LogP contribution is -2.24. The molecule has 1 aromatic rings. The molecular weight excluding hydrogens is 154 g/mol. The molecule has 64 valence electrons. The molecule has 0 aliphatic heterocycles. The number of anilines is 2. The summed E-state index contributed by atoms with van der Waals surface area (Å²) in [7, 11) is 1.55. The molecule has 4 N–H and O–H groups in total. The van der Waals surface area contributed by atoms with Crippen LogP contribution in [-0.2, 0) is 0 Å². The molecule has 4 nitrogen and oxygen atoms in total. The van der Waals surface area contributed by atoms with Gasteiger partial charge in [0.2, 0.25) is 0 Å². The summed E-state index contributed by atoms with van der Waals surface area (Å²) in [4.78, 5) is 10.9. The first-order valence-electron chi connectivity index (χ1n) is 3.57. The molecule has 0 saturated heterocycles. The van der Waals surface area contributed by atoms with Crippen molar-refractivity contribution in [2.75, 3.05) is 18.1 Å². The van der Waals surface area contributed by atoms with Gasteiger partial charge in [0.25, 0.3) is 0 Å². The molecule has 2 amide bonds. The minimum Gasteiger partial charge on any atom is -0.397 e. The number of carbonyl (C=O) groups excluding carboxylic acids is 1. The van der Waals surface area contributed by atoms with Crippen molar-refractivity contribution in [1.29, 1.82) is 0 Å². The number of nitrogen functional groups attached to an aromatic ring is 1. The third kappa shape index (κ3) is 1.88. The summed E-state index contributed by atoms with van der Waals surface area (Å²) in [6.45, 7) is 0. The van der Waals surface area contributed by atoms with Crippen LogP contribution in [0.3, 0.4) is 0 Å². The first kappa shape index (κ1) is 8.39. The highest BCUT2D eigenvalue weighted by Crippen LogP contribution is 2.15. The highest BCUT2D eigenvalue weighted by molar-refractivity contribution is 5.92. The van der Waals surface area contributed by atoms with Gasteiger partial charge in [0.05, 0.1) is 11.4 Å². The van der Waals surface area contributed by atoms with Gasteiger partial charge in [0, 0.05) is 7.05 Å². The van der Waals surface area contributed by atoms with Gasteiger partial charge in [-0.05, 0) is 12.1 Å². The average molecular weight is 165 g/mol. The van der Waals surface area contributed by atoms with Crippen LogP contribution in [0.25, 0.3) is 0 Å². The Morgan fingerprint density at radius 2 is 2.08 bits per heavy atom. The second-order valence-corrected chi connectivity index (χ2v) is 2.29. The minimum absolute atomic E-state index is 0.270. The summed E-state index contributed by atoms with van der Waals surface area (Å²) in [5, 5.41) is 5.02. The Morgan fingerprint density at radius 1 is 1.42 bits per heavy atom. The summed E-state index contributed by atoms with van der Waals surface area (Å²) in [6.07, 6.45) is 0. The van der Waals surface area contributed by atoms with Gasteiger partial charge >= 0.3 is 6.03 Å². The molecule has 0 unspecified atom stereocenters. The quantitative estimate of drug-likeness (QED) is 0.544. The molecule has 12 heavy (non-hydrogen) atoms. The first-order chi connectivity index (χ1) is 5.74. The lowest BCUT2D eigenvalue weighted by molar-refractivity contribution is 0.254. The fraction of sp³-hybridized carbons (Fsp3) is 0.125. The molecule has 0 atom stereocenters. The molecule has 0 aliphatic carbocycles. The molecule has 1 rings (SSSR count). The maximum absolute atomic E-state index is 10.9. The molecule has 0 bridgehead atoms. The van der Waals surface area contributed by atoms with E-state index in [-0.39, 0.29) is 6.03 Å². The monoisotopic (exact) mass is 165 g/mol. The van der Waals surface area contributed by atoms with E-state index in [0.29, 0.717) is 11.4 Å². The largest absolute Gasteiger partial charge is 0.397 e. The summed E-state index contributed by atoms with van der Waals surface area (Å²) < 4.78 is 0. The number of para-hydroxylation sites is 2. The van der Waals surface area contributed by atoms with E-state index in [2.05, 4.69) is 10.6 Å². The van der Waals surface area contributed by atoms with E-state index in [9.17, 15) is 4.79 Å². The molecule has 0 heterocycles. The third-order valence-electron chi connectivity index (χ3n) is 1.44. The molecule has 0 spiro atoms. The van der Waals surface area contributed by atoms with Crippen LogP contribution in [0, 0.1) is 0 Å². The van der Waals surface area contributed by atoms with Gasteiger partial charge in [-0.3, -0.25) is 0 Å². The maximum Gasteiger partial charge on any atom is 0.319 e. The van der Waals surface area contributed by atoms with Crippen molar-refractivity contribution in [3.8, 4) is 0 Å². The van der Waals surface area contributed by atoms with Crippen LogP contribution < -0.4 is 16.4 Å². The summed E-state index contributed by atoms with van der Waals surface area (Å²) in [6, 6.07) is 6.81. The Morgan fingerprint density at radius 3 is 2.67 bits per heavy atom. The molecule has 0 radical (unpaired) electrons. The van der Waals surface area contributed by atoms with Gasteiger partial charge in [-0.25, -0.2) is 4.79 Å². The molecular formula is C8H11N3O. The van der Waals surface area contributed by atoms with Gasteiger partial charge in [0.15, 0.2) is 0 Å². The zero-order valence-electron chi connectivity index (χ0n) is 6.79. The number of benzene rings is 1. The van der Waals surface area contributed by atoms with Crippen molar-refractivity contribution >= 4 is 17.4 Å². The Labute approximate surface area is 70.8 Å². The SMILES string of the molecule is CNC(=O)Nc1ccccc1N. The lowest BCUT2D eigenvalue weighted by atomic mass is 10.3. The lowest BCUT2D eigenvalue weighted by Gasteiger charge is -2.05. The number of hydrogen-bond donors (Lipinski definition) is 3. The van der Waals surface area contributed by atoms with Crippen molar-refractivity contribution in [1.82, 2.24) is 5.32 Å². The zero-order chi connectivity index (χ0) is 8.97. The highest BCUT2D eigenvalue weighted by atomic mass is 16.2. The first-order valence-corrected chi connectivity index (χ1v) is 3.57. The van der Waals surface area contributed by atoms with Crippen LogP contribution >= 0.6 is 0 Å². The Hall–Kier alpha value is -1.71. The number of amides is 2. The van der Waals surface area contributed by atoms with Crippen molar-refractivity contribution in [2.24, 2.45) is 0 Å². The van der Waals surface area contributed by atoms with E-state index < -0.39 is 0 Å². The molecule has 0 aliphatic rings. The fourth-order valence-corrected chi connectivity index (χ4v) is 0.796. The van der Waals surface area contributed by atoms with Gasteiger partial charge in [-0.1, -0.05) is 12.1 Å². The summed E-state index contributed by atoms with van der Waals surface area (Å²) in [5.74, 6) is 0. The number of carbonyl (C=O) groups is 1. The van der Waals surface area contributed by atoms with E-state index in [4.69, 9.17) is 5.73 Å². The van der Waals surface area contributed by atoms with Crippen LogP contribution in [0.5, 0.6) is 0 Å². The maximum atomic E-state index is 10.9. The average Bonchev–Trinajstić information content (AvgIpc) is 2.09. The predicted molar refractivity (Wildman–Crippen MR) is 48.9 cm³/mol. The van der Waals surface area contributed by atoms with Gasteiger partial charge < -0.3 is 16.4 Å². The van der Waals surface area contributed by atoms with Crippen LogP contribution in [0.1, 0.15) is 0 Å². The Bertz CT molecular complexity index is 285. The van der Waals surface area contributed by atoms with Crippen molar-refractivity contribution in [3.63, 3.8) is 0 Å². The number of nitrogens with one attached hydrogen (secondary N) is 2. The highest BCUT2D eigenvalue weighted by Gasteiger charge is 1.99. The molecule has 0 aromatic heterocycles. The fourth-order valence-electron chi connectivity index (χ4n) is 0.796. The number of urea groups is 1. The van der Waals surface area contributed by atoms with Gasteiger partial charge in [-0.15, -0.1) is 0 Å². The van der Waals surface area contributed by atoms with E-state index in [1.807, 2.05) is 12.1 Å². The molecule has 0 fully saturated rings.